The molecule has 0 aliphatic rings. The Labute approximate surface area is 103 Å². The van der Waals surface area contributed by atoms with Crippen molar-refractivity contribution in [2.75, 3.05) is 0 Å². The Morgan fingerprint density at radius 3 is 1.53 bits per heavy atom. The van der Waals surface area contributed by atoms with Crippen molar-refractivity contribution < 1.29 is 0 Å². The molecule has 2 heterocycles. The van der Waals surface area contributed by atoms with Gasteiger partial charge in [-0.05, 0) is 22.9 Å². The lowest BCUT2D eigenvalue weighted by Gasteiger charge is -2.16. The zero-order valence-electron chi connectivity index (χ0n) is 8.00. The second kappa shape index (κ2) is 5.63. The Hall–Kier alpha value is -0.390. The molecule has 0 aromatic carbocycles. The van der Waals surface area contributed by atoms with Gasteiger partial charge in [0.1, 0.15) is 0 Å². The summed E-state index contributed by atoms with van der Waals surface area (Å²) in [5.41, 5.74) is 12.1. The Kier molecular flexibility index (Phi) is 4.76. The van der Waals surface area contributed by atoms with Crippen LogP contribution in [0.3, 0.4) is 0 Å². The summed E-state index contributed by atoms with van der Waals surface area (Å²) < 4.78 is 0. The molecule has 0 aliphatic carbocycles. The number of halogens is 1. The first-order chi connectivity index (χ1) is 6.79. The van der Waals surface area contributed by atoms with Crippen LogP contribution in [0.4, 0.5) is 0 Å². The predicted molar refractivity (Wildman–Crippen MR) is 69.7 cm³/mol. The van der Waals surface area contributed by atoms with E-state index in [0.717, 1.165) is 9.75 Å². The molecule has 2 aromatic heterocycles. The fourth-order valence-electron chi connectivity index (χ4n) is 1.32. The van der Waals surface area contributed by atoms with Gasteiger partial charge < -0.3 is 11.5 Å². The maximum Gasteiger partial charge on any atom is 0.0593 e. The van der Waals surface area contributed by atoms with Crippen LogP contribution in [-0.4, -0.2) is 0 Å². The van der Waals surface area contributed by atoms with Crippen LogP contribution in [0.2, 0.25) is 0 Å². The zero-order valence-corrected chi connectivity index (χ0v) is 10.4. The molecule has 0 unspecified atom stereocenters. The molecule has 4 N–H and O–H groups in total. The number of hydrogen-bond acceptors (Lipinski definition) is 4. The van der Waals surface area contributed by atoms with Crippen molar-refractivity contribution in [1.82, 2.24) is 0 Å². The van der Waals surface area contributed by atoms with Gasteiger partial charge in [0.2, 0.25) is 0 Å². The van der Waals surface area contributed by atoms with Crippen molar-refractivity contribution >= 4 is 35.1 Å². The van der Waals surface area contributed by atoms with Crippen LogP contribution in [0.5, 0.6) is 0 Å². The minimum absolute atomic E-state index is 0. The Morgan fingerprint density at radius 2 is 1.27 bits per heavy atom. The van der Waals surface area contributed by atoms with Crippen LogP contribution in [0.1, 0.15) is 21.8 Å². The molecule has 0 amide bonds. The SMILES string of the molecule is Cl.N[C@@H](c1cccs1)[C@@H](N)c1cccs1. The first-order valence-electron chi connectivity index (χ1n) is 4.37. The fourth-order valence-corrected chi connectivity index (χ4v) is 2.87. The van der Waals surface area contributed by atoms with Crippen molar-refractivity contribution in [3.05, 3.63) is 44.8 Å². The quantitative estimate of drug-likeness (QED) is 0.892. The molecule has 0 fully saturated rings. The third kappa shape index (κ3) is 2.80. The minimum Gasteiger partial charge on any atom is -0.322 e. The lowest BCUT2D eigenvalue weighted by Crippen LogP contribution is -2.24. The van der Waals surface area contributed by atoms with E-state index in [9.17, 15) is 0 Å². The highest BCUT2D eigenvalue weighted by Gasteiger charge is 2.18. The molecule has 0 bridgehead atoms. The van der Waals surface area contributed by atoms with Crippen LogP contribution in [0, 0.1) is 0 Å². The van der Waals surface area contributed by atoms with E-state index in [1.807, 2.05) is 35.0 Å². The van der Waals surface area contributed by atoms with E-state index in [-0.39, 0.29) is 24.5 Å². The average Bonchev–Trinajstić information content (AvgIpc) is 2.87. The highest BCUT2D eigenvalue weighted by Crippen LogP contribution is 2.29. The molecule has 0 aliphatic heterocycles. The minimum atomic E-state index is -0.0892. The first-order valence-corrected chi connectivity index (χ1v) is 6.13. The normalized spacial score (nSPS) is 14.3. The Bertz CT molecular complexity index is 334. The van der Waals surface area contributed by atoms with Crippen molar-refractivity contribution in [3.8, 4) is 0 Å². The van der Waals surface area contributed by atoms with Gasteiger partial charge in [0.05, 0.1) is 12.1 Å². The smallest absolute Gasteiger partial charge is 0.0593 e. The van der Waals surface area contributed by atoms with Gasteiger partial charge in [0.15, 0.2) is 0 Å². The van der Waals surface area contributed by atoms with Crippen molar-refractivity contribution in [3.63, 3.8) is 0 Å². The van der Waals surface area contributed by atoms with Gasteiger partial charge in [-0.15, -0.1) is 35.1 Å². The number of hydrogen-bond donors (Lipinski definition) is 2. The van der Waals surface area contributed by atoms with E-state index >= 15 is 0 Å². The molecular weight excluding hydrogens is 248 g/mol. The Balaban J connectivity index is 0.00000112. The van der Waals surface area contributed by atoms with E-state index in [0.29, 0.717) is 0 Å². The number of thiophene rings is 2. The first kappa shape index (κ1) is 12.7. The highest BCUT2D eigenvalue weighted by molar-refractivity contribution is 7.10. The van der Waals surface area contributed by atoms with E-state index in [1.165, 1.54) is 0 Å². The lowest BCUT2D eigenvalue weighted by molar-refractivity contribution is 0.592. The number of rotatable bonds is 3. The monoisotopic (exact) mass is 260 g/mol. The van der Waals surface area contributed by atoms with Crippen LogP contribution < -0.4 is 11.5 Å². The number of nitrogens with two attached hydrogens (primary N) is 2. The van der Waals surface area contributed by atoms with Gasteiger partial charge in [-0.2, -0.15) is 0 Å². The summed E-state index contributed by atoms with van der Waals surface area (Å²) >= 11 is 3.31. The van der Waals surface area contributed by atoms with Gasteiger partial charge in [-0.25, -0.2) is 0 Å². The summed E-state index contributed by atoms with van der Waals surface area (Å²) in [6, 6.07) is 7.88. The summed E-state index contributed by atoms with van der Waals surface area (Å²) in [6.45, 7) is 0. The molecule has 0 saturated carbocycles. The van der Waals surface area contributed by atoms with Crippen molar-refractivity contribution in [2.45, 2.75) is 12.1 Å². The molecule has 5 heteroatoms. The molecule has 15 heavy (non-hydrogen) atoms. The molecule has 0 radical (unpaired) electrons. The van der Waals surface area contributed by atoms with E-state index < -0.39 is 0 Å². The van der Waals surface area contributed by atoms with Crippen LogP contribution in [0.15, 0.2) is 35.0 Å². The second-order valence-corrected chi connectivity index (χ2v) is 5.04. The van der Waals surface area contributed by atoms with Gasteiger partial charge in [-0.1, -0.05) is 12.1 Å². The standard InChI is InChI=1S/C10H12N2S2.ClH/c11-9(7-3-1-5-13-7)10(12)8-4-2-6-14-8;/h1-6,9-10H,11-12H2;1H/t9-,10-;/m0./s1. The predicted octanol–water partition coefficient (Wildman–Crippen LogP) is 2.93. The maximum absolute atomic E-state index is 6.07. The van der Waals surface area contributed by atoms with E-state index in [2.05, 4.69) is 0 Å². The summed E-state index contributed by atoms with van der Waals surface area (Å²) in [5.74, 6) is 0. The third-order valence-corrected chi connectivity index (χ3v) is 4.08. The Morgan fingerprint density at radius 1 is 0.867 bits per heavy atom. The summed E-state index contributed by atoms with van der Waals surface area (Å²) in [6.07, 6.45) is 0. The average molecular weight is 261 g/mol. The van der Waals surface area contributed by atoms with Gasteiger partial charge >= 0.3 is 0 Å². The maximum atomic E-state index is 6.07. The van der Waals surface area contributed by atoms with Gasteiger partial charge in [0.25, 0.3) is 0 Å². The molecule has 2 aromatic rings. The largest absolute Gasteiger partial charge is 0.322 e. The van der Waals surface area contributed by atoms with E-state index in [1.54, 1.807) is 22.7 Å². The molecular formula is C10H13ClN2S2. The molecule has 0 spiro atoms. The van der Waals surface area contributed by atoms with Crippen LogP contribution >= 0.6 is 35.1 Å². The van der Waals surface area contributed by atoms with Gasteiger partial charge in [0, 0.05) is 9.75 Å². The van der Waals surface area contributed by atoms with Crippen LogP contribution in [-0.2, 0) is 0 Å². The van der Waals surface area contributed by atoms with E-state index in [4.69, 9.17) is 11.5 Å². The molecule has 2 nitrogen and oxygen atoms in total. The second-order valence-electron chi connectivity index (χ2n) is 3.08. The van der Waals surface area contributed by atoms with Crippen LogP contribution in [0.25, 0.3) is 0 Å². The van der Waals surface area contributed by atoms with Crippen molar-refractivity contribution in [2.24, 2.45) is 11.5 Å². The third-order valence-electron chi connectivity index (χ3n) is 2.13. The van der Waals surface area contributed by atoms with Gasteiger partial charge in [-0.3, -0.25) is 0 Å². The zero-order chi connectivity index (χ0) is 9.97. The molecule has 2 atom stereocenters. The summed E-state index contributed by atoms with van der Waals surface area (Å²) in [7, 11) is 0. The highest BCUT2D eigenvalue weighted by atomic mass is 35.5. The lowest BCUT2D eigenvalue weighted by atomic mass is 10.1. The molecule has 2 rings (SSSR count). The molecule has 82 valence electrons. The van der Waals surface area contributed by atoms with Crippen molar-refractivity contribution in [1.29, 1.82) is 0 Å². The fraction of sp³-hybridized carbons (Fsp3) is 0.200. The topological polar surface area (TPSA) is 52.0 Å². The summed E-state index contributed by atoms with van der Waals surface area (Å²) in [5, 5.41) is 4.05. The summed E-state index contributed by atoms with van der Waals surface area (Å²) in [4.78, 5) is 2.29. The molecule has 0 saturated heterocycles.